The van der Waals surface area contributed by atoms with E-state index >= 15 is 0 Å². The van der Waals surface area contributed by atoms with Crippen molar-refractivity contribution in [3.8, 4) is 0 Å². The lowest BCUT2D eigenvalue weighted by atomic mass is 10.2. The van der Waals surface area contributed by atoms with Gasteiger partial charge in [0.1, 0.15) is 5.01 Å². The lowest BCUT2D eigenvalue weighted by molar-refractivity contribution is 0.531. The first-order valence-corrected chi connectivity index (χ1v) is 8.04. The molecular weight excluding hydrogens is 316 g/mol. The van der Waals surface area contributed by atoms with Crippen molar-refractivity contribution in [3.63, 3.8) is 0 Å². The van der Waals surface area contributed by atoms with Crippen LogP contribution in [0.4, 0.5) is 0 Å². The smallest absolute Gasteiger partial charge is 0.115 e. The molecular formula is C12H15BrN2S2. The molecule has 2 rings (SSSR count). The van der Waals surface area contributed by atoms with E-state index in [-0.39, 0.29) is 6.04 Å². The second kappa shape index (κ2) is 5.61. The van der Waals surface area contributed by atoms with E-state index in [9.17, 15) is 0 Å². The van der Waals surface area contributed by atoms with Crippen LogP contribution in [0.25, 0.3) is 0 Å². The first-order chi connectivity index (χ1) is 8.08. The summed E-state index contributed by atoms with van der Waals surface area (Å²) in [5.74, 6) is 0. The average molecular weight is 331 g/mol. The van der Waals surface area contributed by atoms with E-state index in [0.717, 1.165) is 15.2 Å². The molecule has 0 saturated carbocycles. The van der Waals surface area contributed by atoms with Gasteiger partial charge in [-0.15, -0.1) is 22.7 Å². The molecule has 1 unspecified atom stereocenters. The van der Waals surface area contributed by atoms with Crippen LogP contribution >= 0.6 is 38.6 Å². The highest BCUT2D eigenvalue weighted by Crippen LogP contribution is 2.34. The van der Waals surface area contributed by atoms with E-state index in [2.05, 4.69) is 56.9 Å². The summed E-state index contributed by atoms with van der Waals surface area (Å²) < 4.78 is 1.16. The zero-order valence-electron chi connectivity index (χ0n) is 10.0. The summed E-state index contributed by atoms with van der Waals surface area (Å²) in [5.41, 5.74) is 1.09. The zero-order valence-corrected chi connectivity index (χ0v) is 13.2. The topological polar surface area (TPSA) is 24.9 Å². The first-order valence-electron chi connectivity index (χ1n) is 5.49. The number of nitrogens with one attached hydrogen (secondary N) is 1. The van der Waals surface area contributed by atoms with Crippen LogP contribution in [-0.2, 0) is 0 Å². The quantitative estimate of drug-likeness (QED) is 0.900. The number of hydrogen-bond donors (Lipinski definition) is 1. The summed E-state index contributed by atoms with van der Waals surface area (Å²) in [6.45, 7) is 6.36. The van der Waals surface area contributed by atoms with Gasteiger partial charge in [0.15, 0.2) is 0 Å². The average Bonchev–Trinajstić information content (AvgIpc) is 2.84. The summed E-state index contributed by atoms with van der Waals surface area (Å²) in [5, 5.41) is 8.93. The number of rotatable bonds is 4. The number of aromatic nitrogens is 1. The summed E-state index contributed by atoms with van der Waals surface area (Å²) in [7, 11) is 0. The number of hydrogen-bond acceptors (Lipinski definition) is 4. The van der Waals surface area contributed by atoms with E-state index in [1.165, 1.54) is 4.88 Å². The minimum absolute atomic E-state index is 0.197. The molecule has 2 heterocycles. The summed E-state index contributed by atoms with van der Waals surface area (Å²) in [6.07, 6.45) is 0. The first kappa shape index (κ1) is 13.2. The monoisotopic (exact) mass is 330 g/mol. The molecule has 2 nitrogen and oxygen atoms in total. The number of thiophene rings is 1. The maximum Gasteiger partial charge on any atom is 0.115 e. The number of nitrogens with zero attached hydrogens (tertiary/aromatic N) is 1. The predicted molar refractivity (Wildman–Crippen MR) is 79.0 cm³/mol. The van der Waals surface area contributed by atoms with Gasteiger partial charge in [-0.1, -0.05) is 0 Å². The second-order valence-electron chi connectivity index (χ2n) is 4.21. The van der Waals surface area contributed by atoms with Crippen LogP contribution in [0, 0.1) is 6.92 Å². The van der Waals surface area contributed by atoms with Gasteiger partial charge in [0.05, 0.1) is 6.04 Å². The summed E-state index contributed by atoms with van der Waals surface area (Å²) in [4.78, 5) is 5.90. The Morgan fingerprint density at radius 1 is 1.35 bits per heavy atom. The molecule has 0 aliphatic carbocycles. The molecule has 1 N–H and O–H groups in total. The third-order valence-electron chi connectivity index (χ3n) is 2.29. The van der Waals surface area contributed by atoms with Gasteiger partial charge < -0.3 is 5.32 Å². The van der Waals surface area contributed by atoms with E-state index in [0.29, 0.717) is 6.04 Å². The van der Waals surface area contributed by atoms with Crippen molar-refractivity contribution in [2.45, 2.75) is 32.9 Å². The zero-order chi connectivity index (χ0) is 12.4. The van der Waals surface area contributed by atoms with Crippen molar-refractivity contribution >= 4 is 38.6 Å². The van der Waals surface area contributed by atoms with Crippen LogP contribution < -0.4 is 5.32 Å². The normalized spacial score (nSPS) is 13.2. The van der Waals surface area contributed by atoms with Crippen LogP contribution in [0.3, 0.4) is 0 Å². The molecule has 2 aromatic rings. The lowest BCUT2D eigenvalue weighted by Crippen LogP contribution is -2.28. The Labute approximate surface area is 118 Å². The number of aryl methyl sites for hydroxylation is 1. The van der Waals surface area contributed by atoms with Crippen molar-refractivity contribution in [1.29, 1.82) is 0 Å². The van der Waals surface area contributed by atoms with E-state index in [1.54, 1.807) is 22.7 Å². The van der Waals surface area contributed by atoms with E-state index in [4.69, 9.17) is 0 Å². The molecule has 17 heavy (non-hydrogen) atoms. The Balaban J connectivity index is 2.35. The molecule has 0 radical (unpaired) electrons. The van der Waals surface area contributed by atoms with Crippen LogP contribution in [0.15, 0.2) is 21.3 Å². The molecule has 2 aromatic heterocycles. The molecule has 5 heteroatoms. The molecule has 0 saturated heterocycles. The molecule has 0 amide bonds. The molecule has 0 aliphatic rings. The highest BCUT2D eigenvalue weighted by Gasteiger charge is 2.21. The van der Waals surface area contributed by atoms with Gasteiger partial charge in [0.25, 0.3) is 0 Å². The highest BCUT2D eigenvalue weighted by molar-refractivity contribution is 9.10. The van der Waals surface area contributed by atoms with Crippen molar-refractivity contribution < 1.29 is 0 Å². The highest BCUT2D eigenvalue weighted by atomic mass is 79.9. The molecule has 0 spiro atoms. The van der Waals surface area contributed by atoms with Crippen molar-refractivity contribution in [1.82, 2.24) is 10.3 Å². The predicted octanol–water partition coefficient (Wildman–Crippen LogP) is 4.36. The van der Waals surface area contributed by atoms with Crippen molar-refractivity contribution in [2.75, 3.05) is 0 Å². The number of halogens is 1. The minimum atomic E-state index is 0.197. The number of thiazole rings is 1. The van der Waals surface area contributed by atoms with Crippen molar-refractivity contribution in [3.05, 3.63) is 36.9 Å². The van der Waals surface area contributed by atoms with Crippen LogP contribution in [-0.4, -0.2) is 11.0 Å². The standard InChI is InChI=1S/C12H15BrN2S2/c1-7(2)14-10(11-9(13)4-5-16-11)12-15-8(3)6-17-12/h4-7,10,14H,1-3H3. The summed E-state index contributed by atoms with van der Waals surface area (Å²) in [6, 6.07) is 2.72. The third-order valence-corrected chi connectivity index (χ3v) is 5.25. The van der Waals surface area contributed by atoms with Gasteiger partial charge in [0, 0.05) is 26.5 Å². The Morgan fingerprint density at radius 3 is 2.59 bits per heavy atom. The Morgan fingerprint density at radius 2 is 2.12 bits per heavy atom. The molecule has 0 aromatic carbocycles. The fourth-order valence-corrected chi connectivity index (χ4v) is 4.21. The summed E-state index contributed by atoms with van der Waals surface area (Å²) >= 11 is 7.09. The van der Waals surface area contributed by atoms with Crippen molar-refractivity contribution in [2.24, 2.45) is 0 Å². The minimum Gasteiger partial charge on any atom is -0.301 e. The second-order valence-corrected chi connectivity index (χ2v) is 6.91. The Bertz CT molecular complexity index is 490. The van der Waals surface area contributed by atoms with Gasteiger partial charge in [0.2, 0.25) is 0 Å². The van der Waals surface area contributed by atoms with Gasteiger partial charge >= 0.3 is 0 Å². The van der Waals surface area contributed by atoms with Gasteiger partial charge in [-0.25, -0.2) is 4.98 Å². The fraction of sp³-hybridized carbons (Fsp3) is 0.417. The fourth-order valence-electron chi connectivity index (χ4n) is 1.61. The maximum absolute atomic E-state index is 4.60. The molecule has 92 valence electrons. The lowest BCUT2D eigenvalue weighted by Gasteiger charge is -2.18. The van der Waals surface area contributed by atoms with Gasteiger partial charge in [-0.05, 0) is 48.1 Å². The Kier molecular flexibility index (Phi) is 4.36. The molecule has 0 bridgehead atoms. The van der Waals surface area contributed by atoms with Gasteiger partial charge in [-0.3, -0.25) is 0 Å². The maximum atomic E-state index is 4.60. The van der Waals surface area contributed by atoms with E-state index in [1.807, 2.05) is 6.92 Å². The van der Waals surface area contributed by atoms with Gasteiger partial charge in [-0.2, -0.15) is 0 Å². The van der Waals surface area contributed by atoms with Crippen LogP contribution in [0.5, 0.6) is 0 Å². The third kappa shape index (κ3) is 3.16. The van der Waals surface area contributed by atoms with Crippen LogP contribution in [0.2, 0.25) is 0 Å². The molecule has 1 atom stereocenters. The molecule has 0 fully saturated rings. The van der Waals surface area contributed by atoms with Crippen LogP contribution in [0.1, 0.15) is 35.5 Å². The van der Waals surface area contributed by atoms with E-state index < -0.39 is 0 Å². The largest absolute Gasteiger partial charge is 0.301 e. The molecule has 0 aliphatic heterocycles. The SMILES string of the molecule is Cc1csc(C(NC(C)C)c2sccc2Br)n1. The Hall–Kier alpha value is -0.230.